The second-order valence-corrected chi connectivity index (χ2v) is 6.86. The molecule has 7 nitrogen and oxygen atoms in total. The quantitative estimate of drug-likeness (QED) is 0.258. The third kappa shape index (κ3) is 3.91. The summed E-state index contributed by atoms with van der Waals surface area (Å²) in [7, 11) is 1.46. The summed E-state index contributed by atoms with van der Waals surface area (Å²) in [5.74, 6) is -1.58. The maximum absolute atomic E-state index is 12.9. The van der Waals surface area contributed by atoms with Gasteiger partial charge in [0.1, 0.15) is 17.3 Å². The van der Waals surface area contributed by atoms with E-state index in [1.807, 2.05) is 6.92 Å². The van der Waals surface area contributed by atoms with Crippen LogP contribution in [0.4, 0.5) is 0 Å². The predicted octanol–water partition coefficient (Wildman–Crippen LogP) is 3.45. The number of aliphatic hydroxyl groups excluding tert-OH is 1. The summed E-state index contributed by atoms with van der Waals surface area (Å²) in [6, 6.07) is 12.5. The molecule has 1 fully saturated rings. The number of para-hydroxylation sites is 1. The van der Waals surface area contributed by atoms with Crippen LogP contribution in [0.2, 0.25) is 0 Å². The van der Waals surface area contributed by atoms with Crippen LogP contribution in [0.1, 0.15) is 37.4 Å². The molecule has 1 aliphatic heterocycles. The van der Waals surface area contributed by atoms with Gasteiger partial charge in [0.05, 0.1) is 24.3 Å². The highest BCUT2D eigenvalue weighted by atomic mass is 16.5. The summed E-state index contributed by atoms with van der Waals surface area (Å²) in [4.78, 5) is 38.4. The van der Waals surface area contributed by atoms with Crippen molar-refractivity contribution < 1.29 is 29.0 Å². The highest BCUT2D eigenvalue weighted by molar-refractivity contribution is 6.46. The summed E-state index contributed by atoms with van der Waals surface area (Å²) in [5, 5.41) is 11.1. The molecular formula is C23H23NO6. The third-order valence-electron chi connectivity index (χ3n) is 4.80. The molecular weight excluding hydrogens is 386 g/mol. The normalized spacial score (nSPS) is 17.8. The van der Waals surface area contributed by atoms with Crippen LogP contribution in [-0.2, 0) is 14.4 Å². The van der Waals surface area contributed by atoms with E-state index >= 15 is 0 Å². The van der Waals surface area contributed by atoms with E-state index in [1.165, 1.54) is 18.9 Å². The molecule has 1 amide bonds. The number of aliphatic hydroxyl groups is 1. The molecule has 0 aliphatic carbocycles. The fourth-order valence-electron chi connectivity index (χ4n) is 3.60. The molecule has 3 rings (SSSR count). The molecule has 156 valence electrons. The Morgan fingerprint density at radius 1 is 1.13 bits per heavy atom. The van der Waals surface area contributed by atoms with Crippen LogP contribution in [0.3, 0.4) is 0 Å². The topological polar surface area (TPSA) is 93.1 Å². The summed E-state index contributed by atoms with van der Waals surface area (Å²) in [6.07, 6.45) is 0.627. The Balaban J connectivity index is 2.20. The van der Waals surface area contributed by atoms with Gasteiger partial charge < -0.3 is 19.5 Å². The first kappa shape index (κ1) is 21.1. The van der Waals surface area contributed by atoms with Crippen LogP contribution >= 0.6 is 0 Å². The number of likely N-dealkylation sites (tertiary alicyclic amines) is 1. The lowest BCUT2D eigenvalue weighted by Crippen LogP contribution is -2.30. The molecule has 2 aromatic rings. The maximum atomic E-state index is 12.9. The number of hydrogen-bond donors (Lipinski definition) is 1. The Kier molecular flexibility index (Phi) is 6.20. The maximum Gasteiger partial charge on any atom is 0.308 e. The van der Waals surface area contributed by atoms with Crippen molar-refractivity contribution in [3.63, 3.8) is 0 Å². The van der Waals surface area contributed by atoms with Crippen molar-refractivity contribution in [1.82, 2.24) is 4.90 Å². The van der Waals surface area contributed by atoms with Gasteiger partial charge in [0.2, 0.25) is 0 Å². The van der Waals surface area contributed by atoms with Crippen LogP contribution in [0.25, 0.3) is 5.76 Å². The molecule has 0 bridgehead atoms. The molecule has 0 spiro atoms. The van der Waals surface area contributed by atoms with Crippen molar-refractivity contribution in [1.29, 1.82) is 0 Å². The van der Waals surface area contributed by atoms with E-state index in [0.29, 0.717) is 35.6 Å². The van der Waals surface area contributed by atoms with E-state index in [9.17, 15) is 19.5 Å². The summed E-state index contributed by atoms with van der Waals surface area (Å²) in [6.45, 7) is 3.51. The number of amides is 1. The number of methoxy groups -OCH3 is 1. The number of carbonyl (C=O) groups is 3. The molecule has 1 heterocycles. The number of rotatable bonds is 6. The number of ketones is 1. The van der Waals surface area contributed by atoms with Gasteiger partial charge in [-0.25, -0.2) is 0 Å². The van der Waals surface area contributed by atoms with Crippen molar-refractivity contribution in [2.45, 2.75) is 26.3 Å². The van der Waals surface area contributed by atoms with Gasteiger partial charge in [-0.3, -0.25) is 14.4 Å². The molecule has 1 aliphatic rings. The minimum absolute atomic E-state index is 0.0297. The first-order valence-electron chi connectivity index (χ1n) is 9.59. The van der Waals surface area contributed by atoms with Gasteiger partial charge >= 0.3 is 5.97 Å². The molecule has 0 aromatic heterocycles. The lowest BCUT2D eigenvalue weighted by Gasteiger charge is -2.25. The minimum atomic E-state index is -0.814. The smallest absolute Gasteiger partial charge is 0.308 e. The standard InChI is InChI=1S/C23H23NO6/c1-4-12-24-20(15-8-7-9-16(13-15)30-14(2)25)19(22(27)23(24)28)21(26)17-10-5-6-11-18(17)29-3/h5-11,13,20,26H,4,12H2,1-3H3/b21-19-. The first-order valence-corrected chi connectivity index (χ1v) is 9.59. The van der Waals surface area contributed by atoms with Gasteiger partial charge in [0.25, 0.3) is 11.7 Å². The second-order valence-electron chi connectivity index (χ2n) is 6.86. The van der Waals surface area contributed by atoms with Crippen molar-refractivity contribution in [2.24, 2.45) is 0 Å². The van der Waals surface area contributed by atoms with Gasteiger partial charge in [0.15, 0.2) is 0 Å². The number of benzene rings is 2. The van der Waals surface area contributed by atoms with Gasteiger partial charge in [-0.05, 0) is 36.2 Å². The van der Waals surface area contributed by atoms with Crippen LogP contribution in [0, 0.1) is 0 Å². The summed E-state index contributed by atoms with van der Waals surface area (Å²) in [5.41, 5.74) is 0.839. The molecule has 0 saturated carbocycles. The number of Topliss-reactive ketones (excluding diaryl/α,β-unsaturated/α-hetero) is 1. The Hall–Kier alpha value is -3.61. The molecule has 30 heavy (non-hydrogen) atoms. The molecule has 7 heteroatoms. The van der Waals surface area contributed by atoms with Crippen LogP contribution in [0.5, 0.6) is 11.5 Å². The molecule has 1 N–H and O–H groups in total. The Morgan fingerprint density at radius 2 is 1.87 bits per heavy atom. The van der Waals surface area contributed by atoms with Gasteiger partial charge in [-0.1, -0.05) is 31.2 Å². The second kappa shape index (κ2) is 8.82. The van der Waals surface area contributed by atoms with E-state index in [1.54, 1.807) is 48.5 Å². The van der Waals surface area contributed by atoms with Gasteiger partial charge in [-0.15, -0.1) is 0 Å². The summed E-state index contributed by atoms with van der Waals surface area (Å²) >= 11 is 0. The molecule has 1 saturated heterocycles. The first-order chi connectivity index (χ1) is 14.4. The Labute approximate surface area is 174 Å². The van der Waals surface area contributed by atoms with Gasteiger partial charge in [-0.2, -0.15) is 0 Å². The highest BCUT2D eigenvalue weighted by Crippen LogP contribution is 2.41. The largest absolute Gasteiger partial charge is 0.507 e. The highest BCUT2D eigenvalue weighted by Gasteiger charge is 2.46. The summed E-state index contributed by atoms with van der Waals surface area (Å²) < 4.78 is 10.5. The van der Waals surface area contributed by atoms with E-state index in [0.717, 1.165) is 0 Å². The van der Waals surface area contributed by atoms with E-state index in [-0.39, 0.29) is 11.3 Å². The Bertz CT molecular complexity index is 1030. The number of ether oxygens (including phenoxy) is 2. The van der Waals surface area contributed by atoms with E-state index in [4.69, 9.17) is 9.47 Å². The molecule has 2 aromatic carbocycles. The fraction of sp³-hybridized carbons (Fsp3) is 0.261. The van der Waals surface area contributed by atoms with Crippen LogP contribution < -0.4 is 9.47 Å². The lowest BCUT2D eigenvalue weighted by atomic mass is 9.95. The van der Waals surface area contributed by atoms with Gasteiger partial charge in [0, 0.05) is 13.5 Å². The average Bonchev–Trinajstić information content (AvgIpc) is 2.98. The zero-order chi connectivity index (χ0) is 21.8. The molecule has 1 atom stereocenters. The van der Waals surface area contributed by atoms with Crippen molar-refractivity contribution in [3.8, 4) is 11.5 Å². The number of hydrogen-bond acceptors (Lipinski definition) is 6. The monoisotopic (exact) mass is 409 g/mol. The number of nitrogens with zero attached hydrogens (tertiary/aromatic N) is 1. The molecule has 0 radical (unpaired) electrons. The van der Waals surface area contributed by atoms with Crippen molar-refractivity contribution >= 4 is 23.4 Å². The fourth-order valence-corrected chi connectivity index (χ4v) is 3.60. The SMILES string of the molecule is CCCN1C(=O)C(=O)/C(=C(\O)c2ccccc2OC)C1c1cccc(OC(C)=O)c1. The van der Waals surface area contributed by atoms with Crippen LogP contribution in [-0.4, -0.2) is 41.3 Å². The zero-order valence-electron chi connectivity index (χ0n) is 17.0. The number of carbonyl (C=O) groups excluding carboxylic acids is 3. The lowest BCUT2D eigenvalue weighted by molar-refractivity contribution is -0.139. The minimum Gasteiger partial charge on any atom is -0.507 e. The number of esters is 1. The van der Waals surface area contributed by atoms with Crippen molar-refractivity contribution in [2.75, 3.05) is 13.7 Å². The third-order valence-corrected chi connectivity index (χ3v) is 4.80. The average molecular weight is 409 g/mol. The van der Waals surface area contributed by atoms with E-state index in [2.05, 4.69) is 0 Å². The predicted molar refractivity (Wildman–Crippen MR) is 110 cm³/mol. The Morgan fingerprint density at radius 3 is 2.53 bits per heavy atom. The van der Waals surface area contributed by atoms with Crippen LogP contribution in [0.15, 0.2) is 54.1 Å². The zero-order valence-corrected chi connectivity index (χ0v) is 17.0. The van der Waals surface area contributed by atoms with E-state index < -0.39 is 23.7 Å². The molecule has 1 unspecified atom stereocenters. The van der Waals surface area contributed by atoms with Crippen molar-refractivity contribution in [3.05, 3.63) is 65.2 Å².